The van der Waals surface area contributed by atoms with E-state index in [0.29, 0.717) is 12.1 Å². The van der Waals surface area contributed by atoms with Gasteiger partial charge in [0.2, 0.25) is 0 Å². The highest BCUT2D eigenvalue weighted by atomic mass is 79.9. The summed E-state index contributed by atoms with van der Waals surface area (Å²) >= 11 is 3.26. The van der Waals surface area contributed by atoms with Crippen molar-refractivity contribution < 1.29 is 14.6 Å². The second-order valence-corrected chi connectivity index (χ2v) is 3.27. The van der Waals surface area contributed by atoms with E-state index in [0.717, 1.165) is 4.60 Å². The van der Waals surface area contributed by atoms with E-state index in [2.05, 4.69) is 20.7 Å². The van der Waals surface area contributed by atoms with E-state index in [1.54, 1.807) is 16.8 Å². The van der Waals surface area contributed by atoms with E-state index < -0.39 is 0 Å². The third-order valence-corrected chi connectivity index (χ3v) is 2.29. The fourth-order valence-electron chi connectivity index (χ4n) is 0.987. The number of esters is 1. The summed E-state index contributed by atoms with van der Waals surface area (Å²) in [5.41, 5.74) is 0.475. The van der Waals surface area contributed by atoms with Gasteiger partial charge in [0, 0.05) is 12.7 Å². The maximum Gasteiger partial charge on any atom is 0.339 e. The minimum atomic E-state index is -0.377. The normalized spacial score (nSPS) is 10.1. The van der Waals surface area contributed by atoms with Gasteiger partial charge in [0.05, 0.1) is 23.9 Å². The number of hydrogen-bond donors (Lipinski definition) is 1. The number of nitrogens with zero attached hydrogens (tertiary/aromatic N) is 1. The Morgan fingerprint density at radius 3 is 3.00 bits per heavy atom. The van der Waals surface area contributed by atoms with Crippen molar-refractivity contribution in [3.63, 3.8) is 0 Å². The maximum atomic E-state index is 11.1. The number of aliphatic hydroxyl groups excluding tert-OH is 1. The minimum absolute atomic E-state index is 0.0356. The molecule has 0 aliphatic rings. The number of aliphatic hydroxyl groups is 1. The molecule has 0 fully saturated rings. The second-order valence-electron chi connectivity index (χ2n) is 2.46. The lowest BCUT2D eigenvalue weighted by Crippen LogP contribution is -2.02. The van der Waals surface area contributed by atoms with Crippen LogP contribution in [0.3, 0.4) is 0 Å². The first kappa shape index (κ1) is 10.3. The van der Waals surface area contributed by atoms with Crippen LogP contribution in [0.25, 0.3) is 0 Å². The molecule has 0 saturated carbocycles. The number of methoxy groups -OCH3 is 1. The van der Waals surface area contributed by atoms with Gasteiger partial charge in [0.1, 0.15) is 0 Å². The van der Waals surface area contributed by atoms with E-state index in [4.69, 9.17) is 5.11 Å². The number of rotatable bonds is 3. The average molecular weight is 248 g/mol. The van der Waals surface area contributed by atoms with Crippen LogP contribution >= 0.6 is 15.9 Å². The Balaban J connectivity index is 2.88. The molecule has 5 heteroatoms. The summed E-state index contributed by atoms with van der Waals surface area (Å²) in [5, 5.41) is 8.69. The van der Waals surface area contributed by atoms with Gasteiger partial charge in [-0.05, 0) is 22.0 Å². The Morgan fingerprint density at radius 1 is 1.77 bits per heavy atom. The summed E-state index contributed by atoms with van der Waals surface area (Å²) in [5.74, 6) is -0.377. The smallest absolute Gasteiger partial charge is 0.339 e. The van der Waals surface area contributed by atoms with Crippen LogP contribution in [0.5, 0.6) is 0 Å². The van der Waals surface area contributed by atoms with Crippen molar-refractivity contribution in [1.82, 2.24) is 4.57 Å². The van der Waals surface area contributed by atoms with Gasteiger partial charge < -0.3 is 14.4 Å². The highest BCUT2D eigenvalue weighted by Gasteiger charge is 2.10. The summed E-state index contributed by atoms with van der Waals surface area (Å²) in [4.78, 5) is 11.1. The van der Waals surface area contributed by atoms with Crippen molar-refractivity contribution in [2.45, 2.75) is 6.54 Å². The largest absolute Gasteiger partial charge is 0.465 e. The van der Waals surface area contributed by atoms with Gasteiger partial charge in [0.15, 0.2) is 0 Å². The topological polar surface area (TPSA) is 51.5 Å². The first-order valence-electron chi connectivity index (χ1n) is 3.74. The number of ether oxygens (including phenoxy) is 1. The Labute approximate surface area is 84.2 Å². The lowest BCUT2D eigenvalue weighted by Gasteiger charge is -1.99. The highest BCUT2D eigenvalue weighted by molar-refractivity contribution is 9.10. The van der Waals surface area contributed by atoms with Crippen LogP contribution in [-0.4, -0.2) is 29.4 Å². The predicted octanol–water partition coefficient (Wildman–Crippen LogP) is 1.03. The molecule has 1 heterocycles. The summed E-state index contributed by atoms with van der Waals surface area (Å²) in [6.45, 7) is 0.492. The molecule has 0 unspecified atom stereocenters. The molecule has 0 bridgehead atoms. The summed E-state index contributed by atoms with van der Waals surface area (Å²) in [7, 11) is 1.33. The summed E-state index contributed by atoms with van der Waals surface area (Å²) in [6, 6.07) is 1.65. The van der Waals surface area contributed by atoms with Gasteiger partial charge in [-0.15, -0.1) is 0 Å². The Hall–Kier alpha value is -0.810. The molecule has 72 valence electrons. The SMILES string of the molecule is COC(=O)c1cc(Br)n(CCO)c1. The molecule has 0 radical (unpaired) electrons. The molecule has 1 aromatic rings. The molecule has 4 nitrogen and oxygen atoms in total. The number of carbonyl (C=O) groups excluding carboxylic acids is 1. The van der Waals surface area contributed by atoms with Crippen LogP contribution in [0.15, 0.2) is 16.9 Å². The van der Waals surface area contributed by atoms with Crippen molar-refractivity contribution in [2.75, 3.05) is 13.7 Å². The molecular weight excluding hydrogens is 238 g/mol. The fraction of sp³-hybridized carbons (Fsp3) is 0.375. The molecule has 1 rings (SSSR count). The molecule has 0 aromatic carbocycles. The van der Waals surface area contributed by atoms with Gasteiger partial charge in [0.25, 0.3) is 0 Å². The van der Waals surface area contributed by atoms with Crippen LogP contribution in [0.1, 0.15) is 10.4 Å². The molecular formula is C8H10BrNO3. The van der Waals surface area contributed by atoms with E-state index in [1.807, 2.05) is 0 Å². The monoisotopic (exact) mass is 247 g/mol. The first-order chi connectivity index (χ1) is 6.19. The van der Waals surface area contributed by atoms with Crippen LogP contribution in [0.2, 0.25) is 0 Å². The van der Waals surface area contributed by atoms with Gasteiger partial charge in [-0.3, -0.25) is 0 Å². The van der Waals surface area contributed by atoms with E-state index in [9.17, 15) is 4.79 Å². The Morgan fingerprint density at radius 2 is 2.46 bits per heavy atom. The predicted molar refractivity (Wildman–Crippen MR) is 50.6 cm³/mol. The second kappa shape index (κ2) is 4.43. The van der Waals surface area contributed by atoms with Gasteiger partial charge in [-0.2, -0.15) is 0 Å². The third-order valence-electron chi connectivity index (χ3n) is 1.61. The van der Waals surface area contributed by atoms with Crippen LogP contribution < -0.4 is 0 Å². The maximum absolute atomic E-state index is 11.1. The van der Waals surface area contributed by atoms with Crippen LogP contribution in [0, 0.1) is 0 Å². The molecule has 13 heavy (non-hydrogen) atoms. The molecule has 1 aromatic heterocycles. The average Bonchev–Trinajstić information content (AvgIpc) is 2.47. The molecule has 0 saturated heterocycles. The lowest BCUT2D eigenvalue weighted by molar-refractivity contribution is 0.0600. The van der Waals surface area contributed by atoms with E-state index in [1.165, 1.54) is 7.11 Å². The first-order valence-corrected chi connectivity index (χ1v) is 4.53. The van der Waals surface area contributed by atoms with Gasteiger partial charge in [-0.25, -0.2) is 4.79 Å². The Kier molecular flexibility index (Phi) is 3.50. The van der Waals surface area contributed by atoms with Crippen molar-refractivity contribution in [2.24, 2.45) is 0 Å². The highest BCUT2D eigenvalue weighted by Crippen LogP contribution is 2.15. The molecule has 0 aliphatic heterocycles. The number of hydrogen-bond acceptors (Lipinski definition) is 3. The third kappa shape index (κ3) is 2.32. The molecule has 0 aliphatic carbocycles. The number of carbonyl (C=O) groups is 1. The molecule has 0 spiro atoms. The van der Waals surface area contributed by atoms with Crippen molar-refractivity contribution in [1.29, 1.82) is 0 Å². The number of aromatic nitrogens is 1. The standard InChI is InChI=1S/C8H10BrNO3/c1-13-8(12)6-4-7(9)10(5-6)2-3-11/h4-5,11H,2-3H2,1H3. The fourth-order valence-corrected chi connectivity index (χ4v) is 1.51. The van der Waals surface area contributed by atoms with Crippen molar-refractivity contribution in [3.8, 4) is 0 Å². The van der Waals surface area contributed by atoms with Gasteiger partial charge in [-0.1, -0.05) is 0 Å². The van der Waals surface area contributed by atoms with Crippen LogP contribution in [0.4, 0.5) is 0 Å². The van der Waals surface area contributed by atoms with E-state index in [-0.39, 0.29) is 12.6 Å². The summed E-state index contributed by atoms with van der Waals surface area (Å²) < 4.78 is 7.03. The zero-order valence-electron chi connectivity index (χ0n) is 7.16. The molecule has 1 N–H and O–H groups in total. The van der Waals surface area contributed by atoms with Crippen molar-refractivity contribution >= 4 is 21.9 Å². The van der Waals surface area contributed by atoms with Crippen LogP contribution in [-0.2, 0) is 11.3 Å². The minimum Gasteiger partial charge on any atom is -0.465 e. The van der Waals surface area contributed by atoms with Crippen molar-refractivity contribution in [3.05, 3.63) is 22.4 Å². The molecule has 0 amide bonds. The quantitative estimate of drug-likeness (QED) is 0.813. The zero-order valence-corrected chi connectivity index (χ0v) is 8.74. The summed E-state index contributed by atoms with van der Waals surface area (Å²) in [6.07, 6.45) is 1.63. The van der Waals surface area contributed by atoms with E-state index >= 15 is 0 Å². The Bertz CT molecular complexity index is 308. The lowest BCUT2D eigenvalue weighted by atomic mass is 10.3. The van der Waals surface area contributed by atoms with Gasteiger partial charge >= 0.3 is 5.97 Å². The zero-order chi connectivity index (χ0) is 9.84. The molecule has 0 atom stereocenters. The number of halogens is 1.